The molecule has 0 aromatic heterocycles. The van der Waals surface area contributed by atoms with Gasteiger partial charge in [-0.15, -0.1) is 0 Å². The zero-order chi connectivity index (χ0) is 17.7. The largest absolute Gasteiger partial charge is 0.467 e. The molecule has 0 unspecified atom stereocenters. The van der Waals surface area contributed by atoms with Crippen molar-refractivity contribution < 1.29 is 27.5 Å². The van der Waals surface area contributed by atoms with Gasteiger partial charge in [-0.1, -0.05) is 12.1 Å². The van der Waals surface area contributed by atoms with E-state index in [1.165, 1.54) is 24.3 Å². The lowest BCUT2D eigenvalue weighted by atomic mass is 10.1. The molecule has 2 aromatic rings. The number of amides is 1. The second-order valence-corrected chi connectivity index (χ2v) is 5.01. The number of benzene rings is 2. The number of hydrogen-bond acceptors (Lipinski definition) is 3. The van der Waals surface area contributed by atoms with E-state index in [-0.39, 0.29) is 12.0 Å². The van der Waals surface area contributed by atoms with Gasteiger partial charge in [0.1, 0.15) is 11.9 Å². The van der Waals surface area contributed by atoms with Crippen molar-refractivity contribution in [3.8, 4) is 0 Å². The van der Waals surface area contributed by atoms with Crippen molar-refractivity contribution in [1.29, 1.82) is 0 Å². The Morgan fingerprint density at radius 1 is 1.04 bits per heavy atom. The van der Waals surface area contributed by atoms with Crippen molar-refractivity contribution in [2.45, 2.75) is 12.5 Å². The van der Waals surface area contributed by atoms with E-state index in [0.29, 0.717) is 5.56 Å². The van der Waals surface area contributed by atoms with E-state index < -0.39 is 35.4 Å². The molecule has 1 N–H and O–H groups in total. The molecule has 126 valence electrons. The van der Waals surface area contributed by atoms with Crippen LogP contribution in [0.5, 0.6) is 0 Å². The predicted octanol–water partition coefficient (Wildman–Crippen LogP) is 2.62. The number of ether oxygens (including phenoxy) is 1. The molecule has 24 heavy (non-hydrogen) atoms. The number of carbonyl (C=O) groups excluding carboxylic acids is 2. The molecule has 2 rings (SSSR count). The van der Waals surface area contributed by atoms with Crippen LogP contribution in [0.1, 0.15) is 15.9 Å². The van der Waals surface area contributed by atoms with Gasteiger partial charge in [-0.3, -0.25) is 4.79 Å². The molecule has 0 aliphatic heterocycles. The Labute approximate surface area is 136 Å². The van der Waals surface area contributed by atoms with Gasteiger partial charge < -0.3 is 10.1 Å². The monoisotopic (exact) mass is 337 g/mol. The topological polar surface area (TPSA) is 55.4 Å². The van der Waals surface area contributed by atoms with Crippen LogP contribution < -0.4 is 5.32 Å². The van der Waals surface area contributed by atoms with Gasteiger partial charge in [-0.25, -0.2) is 18.0 Å². The average Bonchev–Trinajstić information content (AvgIpc) is 2.57. The first-order valence-corrected chi connectivity index (χ1v) is 6.99. The number of hydrogen-bond donors (Lipinski definition) is 1. The van der Waals surface area contributed by atoms with Crippen molar-refractivity contribution in [3.05, 3.63) is 71.0 Å². The van der Waals surface area contributed by atoms with Gasteiger partial charge in [0, 0.05) is 12.0 Å². The molecular weight excluding hydrogens is 323 g/mol. The maximum absolute atomic E-state index is 13.2. The summed E-state index contributed by atoms with van der Waals surface area (Å²) >= 11 is 0. The minimum absolute atomic E-state index is 0.0579. The van der Waals surface area contributed by atoms with E-state index >= 15 is 0 Å². The Morgan fingerprint density at radius 2 is 1.71 bits per heavy atom. The molecule has 0 saturated heterocycles. The van der Waals surface area contributed by atoms with Crippen molar-refractivity contribution in [2.24, 2.45) is 0 Å². The smallest absolute Gasteiger partial charge is 0.328 e. The third kappa shape index (κ3) is 4.34. The quantitative estimate of drug-likeness (QED) is 0.854. The minimum atomic E-state index is -1.17. The normalized spacial score (nSPS) is 11.7. The maximum Gasteiger partial charge on any atom is 0.328 e. The highest BCUT2D eigenvalue weighted by atomic mass is 19.2. The van der Waals surface area contributed by atoms with Crippen LogP contribution in [0.25, 0.3) is 0 Å². The summed E-state index contributed by atoms with van der Waals surface area (Å²) in [5, 5.41) is 2.40. The molecule has 0 heterocycles. The van der Waals surface area contributed by atoms with Gasteiger partial charge >= 0.3 is 5.97 Å². The number of nitrogens with one attached hydrogen (secondary N) is 1. The lowest BCUT2D eigenvalue weighted by Gasteiger charge is -2.16. The second-order valence-electron chi connectivity index (χ2n) is 5.01. The fraction of sp³-hybridized carbons (Fsp3) is 0.176. The Kier molecular flexibility index (Phi) is 5.57. The Balaban J connectivity index is 2.15. The van der Waals surface area contributed by atoms with Crippen LogP contribution in [0.3, 0.4) is 0 Å². The van der Waals surface area contributed by atoms with E-state index in [0.717, 1.165) is 25.3 Å². The van der Waals surface area contributed by atoms with Crippen molar-refractivity contribution in [3.63, 3.8) is 0 Å². The van der Waals surface area contributed by atoms with E-state index in [2.05, 4.69) is 10.1 Å². The van der Waals surface area contributed by atoms with Crippen LogP contribution in [0.2, 0.25) is 0 Å². The zero-order valence-corrected chi connectivity index (χ0v) is 12.7. The fourth-order valence-electron chi connectivity index (χ4n) is 2.07. The maximum atomic E-state index is 13.2. The summed E-state index contributed by atoms with van der Waals surface area (Å²) in [6.07, 6.45) is 0.0579. The van der Waals surface area contributed by atoms with Crippen LogP contribution in [-0.4, -0.2) is 25.0 Å². The molecule has 0 spiro atoms. The van der Waals surface area contributed by atoms with Crippen LogP contribution >= 0.6 is 0 Å². The van der Waals surface area contributed by atoms with Gasteiger partial charge in [0.15, 0.2) is 11.6 Å². The molecule has 0 saturated carbocycles. The second kappa shape index (κ2) is 7.63. The highest BCUT2D eigenvalue weighted by molar-refractivity contribution is 5.96. The first kappa shape index (κ1) is 17.5. The summed E-state index contributed by atoms with van der Waals surface area (Å²) in [5.41, 5.74) is 0.458. The predicted molar refractivity (Wildman–Crippen MR) is 79.7 cm³/mol. The molecule has 0 bridgehead atoms. The van der Waals surface area contributed by atoms with Crippen LogP contribution in [0, 0.1) is 17.5 Å². The standard InChI is InChI=1S/C17H14F3NO3/c1-24-17(23)15(8-10-2-5-12(18)6-3-10)21-16(22)11-4-7-13(19)14(20)9-11/h2-7,9,15H,8H2,1H3,(H,21,22)/t15-/m1/s1. The summed E-state index contributed by atoms with van der Waals surface area (Å²) in [5.74, 6) is -4.15. The van der Waals surface area contributed by atoms with Crippen LogP contribution in [0.15, 0.2) is 42.5 Å². The zero-order valence-electron chi connectivity index (χ0n) is 12.7. The lowest BCUT2D eigenvalue weighted by molar-refractivity contribution is -0.142. The third-order valence-corrected chi connectivity index (χ3v) is 3.33. The molecule has 1 atom stereocenters. The van der Waals surface area contributed by atoms with Gasteiger partial charge in [0.05, 0.1) is 7.11 Å². The van der Waals surface area contributed by atoms with Crippen LogP contribution in [-0.2, 0) is 16.0 Å². The average molecular weight is 337 g/mol. The van der Waals surface area contributed by atoms with Crippen LogP contribution in [0.4, 0.5) is 13.2 Å². The summed E-state index contributed by atoms with van der Waals surface area (Å²) < 4.78 is 43.7. The number of rotatable bonds is 5. The number of halogens is 3. The summed E-state index contributed by atoms with van der Waals surface area (Å²) in [4.78, 5) is 23.9. The molecule has 0 radical (unpaired) electrons. The molecule has 7 heteroatoms. The highest BCUT2D eigenvalue weighted by Crippen LogP contribution is 2.11. The Bertz CT molecular complexity index is 747. The highest BCUT2D eigenvalue weighted by Gasteiger charge is 2.23. The molecule has 0 fully saturated rings. The van der Waals surface area contributed by atoms with Gasteiger partial charge in [-0.05, 0) is 35.9 Å². The lowest BCUT2D eigenvalue weighted by Crippen LogP contribution is -2.43. The molecular formula is C17H14F3NO3. The Morgan fingerprint density at radius 3 is 2.29 bits per heavy atom. The van der Waals surface area contributed by atoms with Crippen molar-refractivity contribution in [1.82, 2.24) is 5.32 Å². The van der Waals surface area contributed by atoms with E-state index in [9.17, 15) is 22.8 Å². The van der Waals surface area contributed by atoms with E-state index in [4.69, 9.17) is 0 Å². The van der Waals surface area contributed by atoms with Gasteiger partial charge in [0.25, 0.3) is 5.91 Å². The molecule has 4 nitrogen and oxygen atoms in total. The fourth-order valence-corrected chi connectivity index (χ4v) is 2.07. The first-order chi connectivity index (χ1) is 11.4. The van der Waals surface area contributed by atoms with E-state index in [1.807, 2.05) is 0 Å². The summed E-state index contributed by atoms with van der Waals surface area (Å²) in [6, 6.07) is 6.97. The Hall–Kier alpha value is -2.83. The summed E-state index contributed by atoms with van der Waals surface area (Å²) in [6.45, 7) is 0. The van der Waals surface area contributed by atoms with Gasteiger partial charge in [-0.2, -0.15) is 0 Å². The molecule has 0 aliphatic rings. The minimum Gasteiger partial charge on any atom is -0.467 e. The number of esters is 1. The number of methoxy groups -OCH3 is 1. The third-order valence-electron chi connectivity index (χ3n) is 3.33. The molecule has 0 aliphatic carbocycles. The first-order valence-electron chi connectivity index (χ1n) is 6.99. The van der Waals surface area contributed by atoms with Crippen molar-refractivity contribution in [2.75, 3.05) is 7.11 Å². The molecule has 2 aromatic carbocycles. The SMILES string of the molecule is COC(=O)[C@@H](Cc1ccc(F)cc1)NC(=O)c1ccc(F)c(F)c1. The van der Waals surface area contributed by atoms with E-state index in [1.54, 1.807) is 0 Å². The molecule has 1 amide bonds. The van der Waals surface area contributed by atoms with Gasteiger partial charge in [0.2, 0.25) is 0 Å². The summed E-state index contributed by atoms with van der Waals surface area (Å²) in [7, 11) is 1.16. The van der Waals surface area contributed by atoms with Crippen molar-refractivity contribution >= 4 is 11.9 Å². The number of carbonyl (C=O) groups is 2.